The van der Waals surface area contributed by atoms with Crippen LogP contribution in [0.5, 0.6) is 0 Å². The summed E-state index contributed by atoms with van der Waals surface area (Å²) in [4.78, 5) is 17.4. The molecule has 1 N–H and O–H groups in total. The summed E-state index contributed by atoms with van der Waals surface area (Å²) < 4.78 is 1.85. The molecule has 0 spiro atoms. The van der Waals surface area contributed by atoms with Crippen LogP contribution in [0.1, 0.15) is 40.9 Å². The molecule has 0 unspecified atom stereocenters. The lowest BCUT2D eigenvalue weighted by Crippen LogP contribution is -2.09. The van der Waals surface area contributed by atoms with Gasteiger partial charge in [-0.05, 0) is 33.9 Å². The van der Waals surface area contributed by atoms with Gasteiger partial charge in [-0.2, -0.15) is 5.21 Å². The van der Waals surface area contributed by atoms with E-state index < -0.39 is 0 Å². The molecule has 0 atom stereocenters. The smallest absolute Gasteiger partial charge is 0.217 e. The van der Waals surface area contributed by atoms with Gasteiger partial charge in [0.2, 0.25) is 17.4 Å². The molecule has 2 aromatic heterocycles. The quantitative estimate of drug-likeness (QED) is 0.322. The first kappa shape index (κ1) is 22.3. The number of Topliss-reactive ketones (excluding diaryl/α,β-unsaturated/α-hetero) is 1. The minimum atomic E-state index is -0.0688. The van der Waals surface area contributed by atoms with Crippen molar-refractivity contribution in [2.24, 2.45) is 0 Å². The number of aromatic amines is 1. The molecule has 35 heavy (non-hydrogen) atoms. The average Bonchev–Trinajstić information content (AvgIpc) is 3.56. The van der Waals surface area contributed by atoms with Crippen LogP contribution in [0.25, 0.3) is 22.5 Å². The van der Waals surface area contributed by atoms with Crippen molar-refractivity contribution in [3.8, 4) is 22.5 Å². The molecule has 0 fully saturated rings. The second kappa shape index (κ2) is 10.2. The molecule has 0 aliphatic heterocycles. The van der Waals surface area contributed by atoms with Gasteiger partial charge in [0.25, 0.3) is 0 Å². The highest BCUT2D eigenvalue weighted by molar-refractivity contribution is 5.94. The largest absolute Gasteiger partial charge is 0.290 e. The number of nitrogens with zero attached hydrogens (tertiary/aromatic N) is 6. The molecule has 0 saturated heterocycles. The Bertz CT molecular complexity index is 1410. The Balaban J connectivity index is 1.37. The van der Waals surface area contributed by atoms with E-state index in [0.717, 1.165) is 46.5 Å². The molecule has 0 radical (unpaired) electrons. The highest BCUT2D eigenvalue weighted by atomic mass is 16.1. The molecule has 5 aromatic rings. The number of benzene rings is 3. The van der Waals surface area contributed by atoms with Crippen LogP contribution < -0.4 is 0 Å². The minimum Gasteiger partial charge on any atom is -0.290 e. The summed E-state index contributed by atoms with van der Waals surface area (Å²) >= 11 is 0. The van der Waals surface area contributed by atoms with Crippen molar-refractivity contribution in [2.45, 2.75) is 32.7 Å². The highest BCUT2D eigenvalue weighted by Crippen LogP contribution is 2.29. The fraction of sp³-hybridized carbons (Fsp3) is 0.185. The van der Waals surface area contributed by atoms with Crippen LogP contribution >= 0.6 is 0 Å². The van der Waals surface area contributed by atoms with E-state index in [-0.39, 0.29) is 11.6 Å². The molecule has 2 heterocycles. The van der Waals surface area contributed by atoms with Crippen molar-refractivity contribution < 1.29 is 4.79 Å². The number of hydrogen-bond acceptors (Lipinski definition) is 6. The fourth-order valence-corrected chi connectivity index (χ4v) is 4.06. The van der Waals surface area contributed by atoms with E-state index in [9.17, 15) is 4.79 Å². The maximum absolute atomic E-state index is 12.8. The van der Waals surface area contributed by atoms with Crippen molar-refractivity contribution in [2.75, 3.05) is 0 Å². The third-order valence-corrected chi connectivity index (χ3v) is 5.79. The Morgan fingerprint density at radius 2 is 1.63 bits per heavy atom. The normalized spacial score (nSPS) is 11.0. The van der Waals surface area contributed by atoms with Crippen molar-refractivity contribution in [3.63, 3.8) is 0 Å². The van der Waals surface area contributed by atoms with Crippen LogP contribution in [-0.2, 0) is 19.4 Å². The molecule has 174 valence electrons. The Kier molecular flexibility index (Phi) is 6.52. The SMILES string of the molecule is CCCc1nc(C(=O)Cc2ccccc2)nn1Cc1ccc(-c2ccccc2-c2nn[nH]n2)cc1. The Labute approximate surface area is 203 Å². The van der Waals surface area contributed by atoms with Gasteiger partial charge in [-0.1, -0.05) is 85.8 Å². The van der Waals surface area contributed by atoms with E-state index in [4.69, 9.17) is 0 Å². The molecule has 5 rings (SSSR count). The molecule has 3 aromatic carbocycles. The lowest BCUT2D eigenvalue weighted by atomic mass is 9.98. The summed E-state index contributed by atoms with van der Waals surface area (Å²) in [5.74, 6) is 1.60. The van der Waals surface area contributed by atoms with Crippen LogP contribution in [0.15, 0.2) is 78.9 Å². The van der Waals surface area contributed by atoms with E-state index in [0.29, 0.717) is 18.8 Å². The number of aromatic nitrogens is 7. The van der Waals surface area contributed by atoms with Crippen molar-refractivity contribution in [1.82, 2.24) is 35.4 Å². The average molecular weight is 464 g/mol. The third kappa shape index (κ3) is 5.06. The zero-order chi connectivity index (χ0) is 24.0. The summed E-state index contributed by atoms with van der Waals surface area (Å²) in [6.45, 7) is 2.65. The zero-order valence-electron chi connectivity index (χ0n) is 19.4. The maximum atomic E-state index is 12.8. The van der Waals surface area contributed by atoms with Crippen molar-refractivity contribution in [1.29, 1.82) is 0 Å². The van der Waals surface area contributed by atoms with Gasteiger partial charge in [-0.15, -0.1) is 15.3 Å². The molecular weight excluding hydrogens is 438 g/mol. The highest BCUT2D eigenvalue weighted by Gasteiger charge is 2.17. The maximum Gasteiger partial charge on any atom is 0.217 e. The number of carbonyl (C=O) groups excluding carboxylic acids is 1. The number of carbonyl (C=O) groups is 1. The van der Waals surface area contributed by atoms with Crippen LogP contribution in [0, 0.1) is 0 Å². The van der Waals surface area contributed by atoms with Crippen LogP contribution in [0.4, 0.5) is 0 Å². The predicted molar refractivity (Wildman–Crippen MR) is 133 cm³/mol. The van der Waals surface area contributed by atoms with Crippen molar-refractivity contribution in [3.05, 3.63) is 102 Å². The molecule has 8 heteroatoms. The first-order valence-electron chi connectivity index (χ1n) is 11.6. The number of tetrazole rings is 1. The predicted octanol–water partition coefficient (Wildman–Crippen LogP) is 4.55. The lowest BCUT2D eigenvalue weighted by Gasteiger charge is -2.09. The standard InChI is InChI=1S/C27H25N7O/c1-2-8-25-28-27(24(35)17-19-9-4-3-5-10-19)31-34(25)18-20-13-15-21(16-14-20)22-11-6-7-12-23(22)26-29-32-33-30-26/h3-7,9-16H,2,8,17-18H2,1H3,(H,29,30,32,33). The fourth-order valence-electron chi connectivity index (χ4n) is 4.06. The number of hydrogen-bond donors (Lipinski definition) is 1. The van der Waals surface area contributed by atoms with Gasteiger partial charge < -0.3 is 0 Å². The van der Waals surface area contributed by atoms with Gasteiger partial charge in [-0.3, -0.25) is 4.79 Å². The van der Waals surface area contributed by atoms with Gasteiger partial charge in [0.15, 0.2) is 0 Å². The molecule has 0 saturated carbocycles. The van der Waals surface area contributed by atoms with Gasteiger partial charge in [0, 0.05) is 18.4 Å². The molecule has 8 nitrogen and oxygen atoms in total. The van der Waals surface area contributed by atoms with E-state index in [1.165, 1.54) is 0 Å². The number of ketones is 1. The second-order valence-corrected chi connectivity index (χ2v) is 8.32. The second-order valence-electron chi connectivity index (χ2n) is 8.32. The summed E-state index contributed by atoms with van der Waals surface area (Å²) in [5, 5.41) is 19.0. The molecule has 0 aliphatic rings. The molecule has 0 bridgehead atoms. The van der Waals surface area contributed by atoms with Gasteiger partial charge in [-0.25, -0.2) is 9.67 Å². The van der Waals surface area contributed by atoms with E-state index in [1.807, 2.05) is 59.3 Å². The lowest BCUT2D eigenvalue weighted by molar-refractivity contribution is 0.0982. The summed E-state index contributed by atoms with van der Waals surface area (Å²) in [6, 6.07) is 26.0. The number of nitrogens with one attached hydrogen (secondary N) is 1. The molecule has 0 amide bonds. The number of aryl methyl sites for hydroxylation is 1. The van der Waals surface area contributed by atoms with Crippen LogP contribution in [0.3, 0.4) is 0 Å². The van der Waals surface area contributed by atoms with Gasteiger partial charge in [0.1, 0.15) is 5.82 Å². The first-order valence-corrected chi connectivity index (χ1v) is 11.6. The first-order chi connectivity index (χ1) is 17.2. The minimum absolute atomic E-state index is 0.0688. The summed E-state index contributed by atoms with van der Waals surface area (Å²) in [7, 11) is 0. The topological polar surface area (TPSA) is 102 Å². The van der Waals surface area contributed by atoms with Gasteiger partial charge >= 0.3 is 0 Å². The number of rotatable bonds is 9. The van der Waals surface area contributed by atoms with E-state index in [1.54, 1.807) is 0 Å². The summed E-state index contributed by atoms with van der Waals surface area (Å²) in [5.41, 5.74) is 5.04. The third-order valence-electron chi connectivity index (χ3n) is 5.79. The van der Waals surface area contributed by atoms with Crippen LogP contribution in [-0.4, -0.2) is 41.2 Å². The molecule has 0 aliphatic carbocycles. The van der Waals surface area contributed by atoms with E-state index >= 15 is 0 Å². The van der Waals surface area contributed by atoms with Gasteiger partial charge in [0.05, 0.1) is 6.54 Å². The zero-order valence-corrected chi connectivity index (χ0v) is 19.4. The Morgan fingerprint density at radius 1 is 0.886 bits per heavy atom. The molecular formula is C27H25N7O. The van der Waals surface area contributed by atoms with E-state index in [2.05, 4.69) is 61.9 Å². The Hall–Kier alpha value is -4.46. The number of H-pyrrole nitrogens is 1. The monoisotopic (exact) mass is 463 g/mol. The Morgan fingerprint density at radius 3 is 2.34 bits per heavy atom. The van der Waals surface area contributed by atoms with Crippen molar-refractivity contribution >= 4 is 5.78 Å². The summed E-state index contributed by atoms with van der Waals surface area (Å²) in [6.07, 6.45) is 1.99. The van der Waals surface area contributed by atoms with Crippen LogP contribution in [0.2, 0.25) is 0 Å².